The molecule has 156 valence electrons. The number of carbonyl (C=O) groups excluding carboxylic acids is 2. The molecule has 2 rings (SSSR count). The minimum atomic E-state index is -1.14. The van der Waals surface area contributed by atoms with Crippen molar-refractivity contribution in [3.05, 3.63) is 52.0 Å². The molecule has 0 saturated carbocycles. The number of ether oxygens (including phenoxy) is 4. The molecule has 0 unspecified atom stereocenters. The number of hydrogen-bond donors (Lipinski definition) is 0. The van der Waals surface area contributed by atoms with Crippen LogP contribution in [0.15, 0.2) is 40.9 Å². The molecule has 0 aliphatic rings. The van der Waals surface area contributed by atoms with Crippen LogP contribution < -0.4 is 14.2 Å². The van der Waals surface area contributed by atoms with Crippen LogP contribution in [0.1, 0.15) is 36.7 Å². The molecule has 2 aromatic rings. The number of benzene rings is 2. The molecule has 0 aliphatic carbocycles. The van der Waals surface area contributed by atoms with Gasteiger partial charge in [0.2, 0.25) is 0 Å². The lowest BCUT2D eigenvalue weighted by Gasteiger charge is -2.24. The van der Waals surface area contributed by atoms with Crippen molar-refractivity contribution >= 4 is 27.7 Å². The van der Waals surface area contributed by atoms with E-state index >= 15 is 0 Å². The number of methoxy groups -OCH3 is 2. The third kappa shape index (κ3) is 5.50. The van der Waals surface area contributed by atoms with Crippen molar-refractivity contribution < 1.29 is 28.5 Å². The number of hydrogen-bond acceptors (Lipinski definition) is 6. The van der Waals surface area contributed by atoms with Crippen molar-refractivity contribution in [2.24, 2.45) is 0 Å². The summed E-state index contributed by atoms with van der Waals surface area (Å²) in [5.74, 6) is 0.713. The lowest BCUT2D eigenvalue weighted by Crippen LogP contribution is -2.39. The molecule has 6 nitrogen and oxygen atoms in total. The molecule has 0 atom stereocenters. The second kappa shape index (κ2) is 9.78. The number of halogens is 1. The van der Waals surface area contributed by atoms with Crippen molar-refractivity contribution in [3.63, 3.8) is 0 Å². The van der Waals surface area contributed by atoms with E-state index in [-0.39, 0.29) is 18.8 Å². The largest absolute Gasteiger partial charge is 0.496 e. The normalized spacial score (nSPS) is 11.0. The average Bonchev–Trinajstić information content (AvgIpc) is 2.67. The van der Waals surface area contributed by atoms with Gasteiger partial charge in [0.25, 0.3) is 0 Å². The summed E-state index contributed by atoms with van der Waals surface area (Å²) in [4.78, 5) is 25.1. The molecular weight excluding hydrogens is 440 g/mol. The van der Waals surface area contributed by atoms with E-state index in [0.717, 1.165) is 5.56 Å². The van der Waals surface area contributed by atoms with Gasteiger partial charge in [0.15, 0.2) is 11.4 Å². The summed E-state index contributed by atoms with van der Waals surface area (Å²) in [6, 6.07) is 10.5. The molecule has 0 saturated heterocycles. The Balaban J connectivity index is 2.26. The lowest BCUT2D eigenvalue weighted by molar-refractivity contribution is -0.158. The van der Waals surface area contributed by atoms with Gasteiger partial charge >= 0.3 is 5.97 Å². The highest BCUT2D eigenvalue weighted by Gasteiger charge is 2.31. The van der Waals surface area contributed by atoms with E-state index in [2.05, 4.69) is 15.9 Å². The van der Waals surface area contributed by atoms with Gasteiger partial charge in [-0.05, 0) is 66.5 Å². The Bertz CT molecular complexity index is 891. The van der Waals surface area contributed by atoms with Crippen LogP contribution in [-0.2, 0) is 16.0 Å². The maximum Gasteiger partial charge on any atom is 0.349 e. The summed E-state index contributed by atoms with van der Waals surface area (Å²) in [5, 5.41) is 0. The van der Waals surface area contributed by atoms with Gasteiger partial charge in [-0.2, -0.15) is 0 Å². The van der Waals surface area contributed by atoms with Gasteiger partial charge in [0.05, 0.1) is 25.3 Å². The van der Waals surface area contributed by atoms with E-state index in [1.54, 1.807) is 51.1 Å². The van der Waals surface area contributed by atoms with E-state index in [1.807, 2.05) is 6.07 Å². The highest BCUT2D eigenvalue weighted by molar-refractivity contribution is 9.10. The van der Waals surface area contributed by atoms with Crippen molar-refractivity contribution in [2.45, 2.75) is 32.8 Å². The molecule has 0 radical (unpaired) electrons. The molecule has 0 fully saturated rings. The van der Waals surface area contributed by atoms with Gasteiger partial charge in [-0.15, -0.1) is 0 Å². The summed E-state index contributed by atoms with van der Waals surface area (Å²) in [6.45, 7) is 5.29. The topological polar surface area (TPSA) is 71.1 Å². The second-order valence-corrected chi connectivity index (χ2v) is 7.59. The number of ketones is 1. The van der Waals surface area contributed by atoms with Crippen LogP contribution in [0.4, 0.5) is 0 Å². The number of rotatable bonds is 9. The fraction of sp³-hybridized carbons (Fsp3) is 0.364. The van der Waals surface area contributed by atoms with Crippen LogP contribution in [0.2, 0.25) is 0 Å². The molecule has 7 heteroatoms. The summed E-state index contributed by atoms with van der Waals surface area (Å²) < 4.78 is 22.3. The van der Waals surface area contributed by atoms with E-state index in [4.69, 9.17) is 18.9 Å². The van der Waals surface area contributed by atoms with Gasteiger partial charge in [0.1, 0.15) is 22.8 Å². The quantitative estimate of drug-likeness (QED) is 0.398. The first-order valence-electron chi connectivity index (χ1n) is 9.12. The van der Waals surface area contributed by atoms with Crippen LogP contribution in [0, 0.1) is 0 Å². The van der Waals surface area contributed by atoms with Crippen LogP contribution >= 0.6 is 15.9 Å². The maximum atomic E-state index is 13.0. The summed E-state index contributed by atoms with van der Waals surface area (Å²) in [6.07, 6.45) is 0.111. The molecule has 29 heavy (non-hydrogen) atoms. The van der Waals surface area contributed by atoms with E-state index in [9.17, 15) is 9.59 Å². The zero-order valence-electron chi connectivity index (χ0n) is 17.2. The van der Waals surface area contributed by atoms with Crippen LogP contribution in [0.25, 0.3) is 0 Å². The molecule has 2 aromatic carbocycles. The summed E-state index contributed by atoms with van der Waals surface area (Å²) in [7, 11) is 3.01. The maximum absolute atomic E-state index is 13.0. The Hall–Kier alpha value is -2.54. The Morgan fingerprint density at radius 3 is 2.41 bits per heavy atom. The van der Waals surface area contributed by atoms with Crippen LogP contribution in [-0.4, -0.2) is 38.2 Å². The first-order valence-corrected chi connectivity index (χ1v) is 9.91. The minimum Gasteiger partial charge on any atom is -0.496 e. The molecule has 0 aliphatic heterocycles. The SMILES string of the molecule is CCOC(=O)C(C)(C)Oc1cccc(CC(=O)c2c(OC)ccc(Br)c2OC)c1. The fourth-order valence-corrected chi connectivity index (χ4v) is 3.30. The van der Waals surface area contributed by atoms with Gasteiger partial charge in [-0.3, -0.25) is 4.79 Å². The molecule has 0 bridgehead atoms. The Labute approximate surface area is 179 Å². The standard InChI is InChI=1S/C22H25BrO6/c1-6-28-21(25)22(2,3)29-15-9-7-8-14(12-15)13-17(24)19-18(26-4)11-10-16(23)20(19)27-5/h7-12H,6,13H2,1-5H3. The van der Waals surface area contributed by atoms with Gasteiger partial charge in [-0.25, -0.2) is 4.79 Å². The van der Waals surface area contributed by atoms with Crippen LogP contribution in [0.3, 0.4) is 0 Å². The molecular formula is C22H25BrO6. The first kappa shape index (κ1) is 22.7. The third-order valence-electron chi connectivity index (χ3n) is 4.18. The molecule has 0 amide bonds. The summed E-state index contributed by atoms with van der Waals surface area (Å²) >= 11 is 3.40. The predicted molar refractivity (Wildman–Crippen MR) is 113 cm³/mol. The lowest BCUT2D eigenvalue weighted by atomic mass is 10.0. The average molecular weight is 465 g/mol. The van der Waals surface area contributed by atoms with Gasteiger partial charge < -0.3 is 18.9 Å². The fourth-order valence-electron chi connectivity index (χ4n) is 2.81. The van der Waals surface area contributed by atoms with Gasteiger partial charge in [-0.1, -0.05) is 12.1 Å². The third-order valence-corrected chi connectivity index (χ3v) is 4.80. The molecule has 0 N–H and O–H groups in total. The van der Waals surface area contributed by atoms with Crippen molar-refractivity contribution in [3.8, 4) is 17.2 Å². The molecule has 0 spiro atoms. The molecule has 0 heterocycles. The van der Waals surface area contributed by atoms with Crippen molar-refractivity contribution in [1.82, 2.24) is 0 Å². The number of carbonyl (C=O) groups is 2. The monoisotopic (exact) mass is 464 g/mol. The number of esters is 1. The zero-order chi connectivity index (χ0) is 21.6. The first-order chi connectivity index (χ1) is 13.7. The van der Waals surface area contributed by atoms with E-state index < -0.39 is 11.6 Å². The highest BCUT2D eigenvalue weighted by atomic mass is 79.9. The Kier molecular flexibility index (Phi) is 7.67. The Morgan fingerprint density at radius 2 is 1.79 bits per heavy atom. The van der Waals surface area contributed by atoms with Crippen molar-refractivity contribution in [2.75, 3.05) is 20.8 Å². The van der Waals surface area contributed by atoms with Crippen LogP contribution in [0.5, 0.6) is 17.2 Å². The predicted octanol–water partition coefficient (Wildman–Crippen LogP) is 4.61. The zero-order valence-corrected chi connectivity index (χ0v) is 18.8. The number of Topliss-reactive ketones (excluding diaryl/α,β-unsaturated/α-hetero) is 1. The summed E-state index contributed by atoms with van der Waals surface area (Å²) in [5.41, 5.74) is -0.0474. The van der Waals surface area contributed by atoms with E-state index in [1.165, 1.54) is 14.2 Å². The highest BCUT2D eigenvalue weighted by Crippen LogP contribution is 2.36. The second-order valence-electron chi connectivity index (χ2n) is 6.74. The minimum absolute atomic E-state index is 0.111. The smallest absolute Gasteiger partial charge is 0.349 e. The molecule has 0 aromatic heterocycles. The van der Waals surface area contributed by atoms with Gasteiger partial charge in [0, 0.05) is 6.42 Å². The van der Waals surface area contributed by atoms with E-state index in [0.29, 0.717) is 27.3 Å². The van der Waals surface area contributed by atoms with Crippen molar-refractivity contribution in [1.29, 1.82) is 0 Å². The Morgan fingerprint density at radius 1 is 1.07 bits per heavy atom.